The van der Waals surface area contributed by atoms with Crippen molar-refractivity contribution < 1.29 is 9.47 Å². The monoisotopic (exact) mass is 846 g/mol. The molecule has 0 aromatic heterocycles. The number of ether oxygens (including phenoxy) is 2. The lowest BCUT2D eigenvalue weighted by atomic mass is 9.79. The highest BCUT2D eigenvalue weighted by atomic mass is 32.2. The molecule has 2 aliphatic carbocycles. The fourth-order valence-electron chi connectivity index (χ4n) is 9.68. The molecule has 11 rings (SSSR count). The van der Waals surface area contributed by atoms with Crippen molar-refractivity contribution >= 4 is 34.9 Å². The van der Waals surface area contributed by atoms with E-state index in [1.807, 2.05) is 36.4 Å². The Hall–Kier alpha value is -5.56. The molecule has 2 heterocycles. The number of hydrogen-bond donors (Lipinski definition) is 0. The van der Waals surface area contributed by atoms with Crippen molar-refractivity contribution in [2.24, 2.45) is 21.8 Å². The van der Waals surface area contributed by atoms with Gasteiger partial charge in [-0.05, 0) is 131 Å². The first-order valence-corrected chi connectivity index (χ1v) is 24.1. The molecule has 62 heavy (non-hydrogen) atoms. The van der Waals surface area contributed by atoms with E-state index < -0.39 is 0 Å². The molecule has 0 unspecified atom stereocenters. The first kappa shape index (κ1) is 39.3. The van der Waals surface area contributed by atoms with Crippen molar-refractivity contribution in [3.63, 3.8) is 0 Å². The third-order valence-corrected chi connectivity index (χ3v) is 15.6. The van der Waals surface area contributed by atoms with Crippen molar-refractivity contribution in [3.8, 4) is 45.3 Å². The topological polar surface area (TPSA) is 43.2 Å². The zero-order valence-corrected chi connectivity index (χ0v) is 37.0. The highest BCUT2D eigenvalue weighted by Gasteiger charge is 2.24. The molecule has 0 amide bonds. The maximum Gasteiger partial charge on any atom is 0.155 e. The molecular formula is C56H50N2O2S2. The lowest BCUT2D eigenvalue weighted by Gasteiger charge is -2.26. The fourth-order valence-corrected chi connectivity index (χ4v) is 11.5. The number of para-hydroxylation sites is 2. The van der Waals surface area contributed by atoms with E-state index in [-0.39, 0.29) is 0 Å². The second kappa shape index (κ2) is 17.0. The summed E-state index contributed by atoms with van der Waals surface area (Å²) in [5, 5.41) is 1.46. The summed E-state index contributed by atoms with van der Waals surface area (Å²) < 4.78 is 13.1. The van der Waals surface area contributed by atoms with Gasteiger partial charge in [0.1, 0.15) is 22.1 Å². The number of hydrogen-bond acceptors (Lipinski definition) is 6. The molecule has 0 saturated heterocycles. The van der Waals surface area contributed by atoms with Crippen LogP contribution in [0, 0.1) is 11.8 Å². The van der Waals surface area contributed by atoms with Crippen LogP contribution in [0.5, 0.6) is 23.0 Å². The van der Waals surface area contributed by atoms with Gasteiger partial charge in [-0.3, -0.25) is 0 Å². The van der Waals surface area contributed by atoms with Gasteiger partial charge in [-0.1, -0.05) is 148 Å². The van der Waals surface area contributed by atoms with E-state index in [2.05, 4.69) is 123 Å². The Labute approximate surface area is 373 Å². The van der Waals surface area contributed by atoms with Crippen LogP contribution in [0.4, 0.5) is 11.4 Å². The zero-order chi connectivity index (χ0) is 41.6. The standard InChI is InChI=1S/C56H50N2O2S2/c1-35-9-13-37(14-10-35)39-17-21-41(22-18-39)43-25-29-45(30-26-43)61-53-7-3-5-49-55(53)57-47-33-52-48(34-51(47)59-49)58-56-50(60-52)6-4-8-54(56)62-46-31-27-44(28-32-46)42-23-19-40(20-24-42)38-15-11-36(2)12-16-38/h3-8,17-38H,9-16H2,1-2H3. The Morgan fingerprint density at radius 1 is 0.403 bits per heavy atom. The normalized spacial score (nSPS) is 19.9. The quantitative estimate of drug-likeness (QED) is 0.153. The van der Waals surface area contributed by atoms with Gasteiger partial charge in [-0.25, -0.2) is 9.98 Å². The zero-order valence-electron chi connectivity index (χ0n) is 35.4. The average Bonchev–Trinajstić information content (AvgIpc) is 3.31. The molecule has 0 N–H and O–H groups in total. The van der Waals surface area contributed by atoms with E-state index in [4.69, 9.17) is 19.5 Å². The molecule has 0 atom stereocenters. The maximum atomic E-state index is 6.53. The number of rotatable bonds is 8. The molecular weight excluding hydrogens is 797 g/mol. The third kappa shape index (κ3) is 8.11. The van der Waals surface area contributed by atoms with Crippen LogP contribution < -0.4 is 20.2 Å². The Bertz CT molecular complexity index is 2680. The average molecular weight is 847 g/mol. The van der Waals surface area contributed by atoms with Crippen LogP contribution in [0.15, 0.2) is 175 Å². The molecule has 4 aliphatic rings. The Morgan fingerprint density at radius 2 is 0.758 bits per heavy atom. The van der Waals surface area contributed by atoms with Crippen molar-refractivity contribution in [2.45, 2.75) is 96.6 Å². The molecule has 4 nitrogen and oxygen atoms in total. The molecule has 0 spiro atoms. The summed E-state index contributed by atoms with van der Waals surface area (Å²) in [7, 11) is 0. The van der Waals surface area contributed by atoms with Crippen molar-refractivity contribution in [3.05, 3.63) is 167 Å². The number of benzene rings is 7. The largest absolute Gasteiger partial charge is 0.453 e. The molecule has 2 aliphatic heterocycles. The minimum absolute atomic E-state index is 0.671. The van der Waals surface area contributed by atoms with Gasteiger partial charge in [0.05, 0.1) is 0 Å². The highest BCUT2D eigenvalue weighted by molar-refractivity contribution is 7.99. The molecule has 6 heteroatoms. The molecule has 2 fully saturated rings. The summed E-state index contributed by atoms with van der Waals surface area (Å²) in [5.41, 5.74) is 9.60. The van der Waals surface area contributed by atoms with Crippen LogP contribution in [-0.2, 0) is 0 Å². The van der Waals surface area contributed by atoms with E-state index in [9.17, 15) is 0 Å². The van der Waals surface area contributed by atoms with Crippen molar-refractivity contribution in [1.29, 1.82) is 0 Å². The van der Waals surface area contributed by atoms with Crippen LogP contribution in [0.25, 0.3) is 22.3 Å². The summed E-state index contributed by atoms with van der Waals surface area (Å²) in [6.07, 6.45) is 10.6. The summed E-state index contributed by atoms with van der Waals surface area (Å²) >= 11 is 3.41. The van der Waals surface area contributed by atoms with Crippen LogP contribution in [-0.4, -0.2) is 0 Å². The van der Waals surface area contributed by atoms with E-state index in [1.54, 1.807) is 23.5 Å². The molecule has 2 saturated carbocycles. The summed E-state index contributed by atoms with van der Waals surface area (Å²) in [6.45, 7) is 4.77. The number of fused-ring (bicyclic) bond motifs is 4. The van der Waals surface area contributed by atoms with Crippen LogP contribution >= 0.6 is 23.5 Å². The summed E-state index contributed by atoms with van der Waals surface area (Å²) in [6, 6.07) is 52.4. The second-order valence-electron chi connectivity index (χ2n) is 17.8. The molecule has 7 aromatic rings. The van der Waals surface area contributed by atoms with Crippen LogP contribution in [0.1, 0.15) is 88.2 Å². The van der Waals surface area contributed by atoms with Gasteiger partial charge in [0.25, 0.3) is 0 Å². The maximum absolute atomic E-state index is 6.53. The van der Waals surface area contributed by atoms with Gasteiger partial charge in [0, 0.05) is 31.7 Å². The SMILES string of the molecule is CC1CCC(c2ccc(-c3ccc(Sc4cccc5c4N=c4cc6c(cc4O5)=Nc4c(cccc4Sc4ccc(-c5ccc(C7CCC(C)CC7)cc5)cc4)O6)cc3)cc2)CC1. The van der Waals surface area contributed by atoms with Gasteiger partial charge in [-0.2, -0.15) is 0 Å². The smallest absolute Gasteiger partial charge is 0.155 e. The minimum Gasteiger partial charge on any atom is -0.453 e. The first-order valence-electron chi connectivity index (χ1n) is 22.5. The van der Waals surface area contributed by atoms with Gasteiger partial charge in [0.2, 0.25) is 0 Å². The van der Waals surface area contributed by atoms with Gasteiger partial charge < -0.3 is 9.47 Å². The van der Waals surface area contributed by atoms with E-state index in [1.165, 1.54) is 84.7 Å². The Morgan fingerprint density at radius 3 is 1.13 bits per heavy atom. The van der Waals surface area contributed by atoms with Crippen LogP contribution in [0.3, 0.4) is 0 Å². The Kier molecular flexibility index (Phi) is 10.7. The lowest BCUT2D eigenvalue weighted by Crippen LogP contribution is -2.18. The first-order chi connectivity index (χ1) is 30.5. The molecule has 7 aromatic carbocycles. The highest BCUT2D eigenvalue weighted by Crippen LogP contribution is 2.47. The predicted molar refractivity (Wildman–Crippen MR) is 254 cm³/mol. The van der Waals surface area contributed by atoms with E-state index >= 15 is 0 Å². The molecule has 0 radical (unpaired) electrons. The summed E-state index contributed by atoms with van der Waals surface area (Å²) in [5.74, 6) is 5.97. The van der Waals surface area contributed by atoms with Crippen molar-refractivity contribution in [1.82, 2.24) is 0 Å². The lowest BCUT2D eigenvalue weighted by molar-refractivity contribution is 0.348. The van der Waals surface area contributed by atoms with Gasteiger partial charge >= 0.3 is 0 Å². The van der Waals surface area contributed by atoms with Crippen molar-refractivity contribution in [2.75, 3.05) is 0 Å². The second-order valence-corrected chi connectivity index (χ2v) is 20.1. The van der Waals surface area contributed by atoms with Gasteiger partial charge in [-0.15, -0.1) is 0 Å². The molecule has 308 valence electrons. The summed E-state index contributed by atoms with van der Waals surface area (Å²) in [4.78, 5) is 14.7. The number of nitrogens with zero attached hydrogens (tertiary/aromatic N) is 2. The minimum atomic E-state index is 0.671. The van der Waals surface area contributed by atoms with E-state index in [0.717, 1.165) is 65.0 Å². The van der Waals surface area contributed by atoms with Crippen LogP contribution in [0.2, 0.25) is 0 Å². The van der Waals surface area contributed by atoms with E-state index in [0.29, 0.717) is 23.3 Å². The molecule has 0 bridgehead atoms. The Balaban J connectivity index is 0.790. The third-order valence-electron chi connectivity index (χ3n) is 13.5. The van der Waals surface area contributed by atoms with Gasteiger partial charge in [0.15, 0.2) is 23.0 Å². The fraction of sp³-hybridized carbons (Fsp3) is 0.250. The predicted octanol–water partition coefficient (Wildman–Crippen LogP) is 16.0.